The first-order valence-corrected chi connectivity index (χ1v) is 3.73. The van der Waals surface area contributed by atoms with Crippen LogP contribution in [-0.4, -0.2) is 25.1 Å². The average molecular weight is 160 g/mol. The summed E-state index contributed by atoms with van der Waals surface area (Å²) in [5, 5.41) is 0. The molecular weight excluding hydrogens is 151 g/mol. The number of rotatable bonds is 2. The molecule has 0 aromatic rings. The summed E-state index contributed by atoms with van der Waals surface area (Å²) in [6.07, 6.45) is 0.185. The molecule has 50 valence electrons. The Morgan fingerprint density at radius 2 is 2.22 bits per heavy atom. The molecule has 9 heavy (non-hydrogen) atoms. The van der Waals surface area contributed by atoms with Gasteiger partial charge in [0.15, 0.2) is 0 Å². The summed E-state index contributed by atoms with van der Waals surface area (Å²) in [7, 11) is -3.10. The molecule has 0 aliphatic heterocycles. The van der Waals surface area contributed by atoms with Gasteiger partial charge in [-0.05, 0) is 0 Å². The summed E-state index contributed by atoms with van der Waals surface area (Å²) in [6.45, 7) is 1.58. The van der Waals surface area contributed by atoms with Gasteiger partial charge in [-0.15, -0.1) is 0 Å². The minimum Gasteiger partial charge on any atom is -1.00 e. The Morgan fingerprint density at radius 1 is 1.78 bits per heavy atom. The maximum atomic E-state index is 10.1. The van der Waals surface area contributed by atoms with Gasteiger partial charge in [0.25, 0.3) is 5.97 Å². The van der Waals surface area contributed by atoms with E-state index in [1.165, 1.54) is 0 Å². The van der Waals surface area contributed by atoms with E-state index in [1.807, 2.05) is 0 Å². The predicted octanol–water partition coefficient (Wildman–Crippen LogP) is -4.24. The van der Waals surface area contributed by atoms with E-state index in [1.54, 1.807) is 6.92 Å². The zero-order valence-electron chi connectivity index (χ0n) is 6.50. The van der Waals surface area contributed by atoms with Gasteiger partial charge < -0.3 is 15.4 Å². The molecule has 0 heterocycles. The molecular formula is C3H9NaO4Si. The maximum absolute atomic E-state index is 10.1. The SMILES string of the molecule is CCC(=O)O[SiH](O)O.[H-].[Na+]. The van der Waals surface area contributed by atoms with Crippen molar-refractivity contribution >= 4 is 15.5 Å². The van der Waals surface area contributed by atoms with Gasteiger partial charge in [-0.1, -0.05) is 6.92 Å². The first kappa shape index (κ1) is 12.3. The molecule has 0 radical (unpaired) electrons. The fraction of sp³-hybridized carbons (Fsp3) is 0.667. The van der Waals surface area contributed by atoms with Gasteiger partial charge >= 0.3 is 39.1 Å². The van der Waals surface area contributed by atoms with Crippen LogP contribution in [-0.2, 0) is 9.22 Å². The van der Waals surface area contributed by atoms with Crippen LogP contribution < -0.4 is 29.6 Å². The quantitative estimate of drug-likeness (QED) is 0.402. The molecule has 6 heteroatoms. The Bertz CT molecular complexity index is 90.6. The molecule has 0 aliphatic rings. The van der Waals surface area contributed by atoms with E-state index in [4.69, 9.17) is 9.59 Å². The largest absolute Gasteiger partial charge is 1.00 e. The molecule has 0 fully saturated rings. The van der Waals surface area contributed by atoms with E-state index < -0.39 is 15.5 Å². The van der Waals surface area contributed by atoms with E-state index in [0.29, 0.717) is 0 Å². The smallest absolute Gasteiger partial charge is 1.00 e. The summed E-state index contributed by atoms with van der Waals surface area (Å²) < 4.78 is 4.01. The van der Waals surface area contributed by atoms with Gasteiger partial charge in [0.05, 0.1) is 0 Å². The molecule has 0 aromatic carbocycles. The van der Waals surface area contributed by atoms with Crippen LogP contribution in [0.2, 0.25) is 0 Å². The van der Waals surface area contributed by atoms with Gasteiger partial charge in [0.1, 0.15) is 0 Å². The monoisotopic (exact) mass is 160 g/mol. The van der Waals surface area contributed by atoms with Gasteiger partial charge in [-0.3, -0.25) is 4.79 Å². The van der Waals surface area contributed by atoms with Crippen molar-refractivity contribution in [3.8, 4) is 0 Å². The van der Waals surface area contributed by atoms with E-state index in [9.17, 15) is 4.79 Å². The molecule has 0 unspecified atom stereocenters. The van der Waals surface area contributed by atoms with Crippen LogP contribution in [0, 0.1) is 0 Å². The second kappa shape index (κ2) is 6.72. The second-order valence-corrected chi connectivity index (χ2v) is 2.06. The minimum absolute atomic E-state index is 0. The van der Waals surface area contributed by atoms with Crippen molar-refractivity contribution in [2.75, 3.05) is 0 Å². The van der Waals surface area contributed by atoms with E-state index in [2.05, 4.69) is 4.43 Å². The summed E-state index contributed by atoms with van der Waals surface area (Å²) in [5.41, 5.74) is 0. The Morgan fingerprint density at radius 3 is 2.33 bits per heavy atom. The zero-order valence-corrected chi connectivity index (χ0v) is 8.65. The fourth-order valence-electron chi connectivity index (χ4n) is 0.201. The Kier molecular flexibility index (Phi) is 9.19. The first-order chi connectivity index (χ1) is 3.66. The van der Waals surface area contributed by atoms with E-state index >= 15 is 0 Å². The van der Waals surface area contributed by atoms with E-state index in [-0.39, 0.29) is 37.4 Å². The average Bonchev–Trinajstić information content (AvgIpc) is 1.65. The number of hydrogen-bond donors (Lipinski definition) is 2. The first-order valence-electron chi connectivity index (χ1n) is 2.22. The van der Waals surface area contributed by atoms with Crippen LogP contribution in [0.3, 0.4) is 0 Å². The number of carbonyl (C=O) groups excluding carboxylic acids is 1. The molecule has 4 nitrogen and oxygen atoms in total. The third-order valence-electron chi connectivity index (χ3n) is 0.526. The predicted molar refractivity (Wildman–Crippen MR) is 29.1 cm³/mol. The van der Waals surface area contributed by atoms with Crippen molar-refractivity contribution in [1.29, 1.82) is 0 Å². The van der Waals surface area contributed by atoms with E-state index in [0.717, 1.165) is 0 Å². The fourth-order valence-corrected chi connectivity index (χ4v) is 0.603. The zero-order chi connectivity index (χ0) is 6.57. The van der Waals surface area contributed by atoms with Crippen LogP contribution in [0.5, 0.6) is 0 Å². The van der Waals surface area contributed by atoms with Crippen molar-refractivity contribution < 1.29 is 49.8 Å². The summed E-state index contributed by atoms with van der Waals surface area (Å²) in [4.78, 5) is 26.3. The summed E-state index contributed by atoms with van der Waals surface area (Å²) in [5.74, 6) is -0.563. The second-order valence-electron chi connectivity index (χ2n) is 1.17. The molecule has 0 aliphatic carbocycles. The Labute approximate surface area is 78.6 Å². The molecule has 0 aromatic heterocycles. The van der Waals surface area contributed by atoms with Crippen molar-refractivity contribution in [3.63, 3.8) is 0 Å². The Hall–Kier alpha value is 0.607. The Balaban J connectivity index is -0.000000245. The van der Waals surface area contributed by atoms with Crippen molar-refractivity contribution in [2.45, 2.75) is 13.3 Å². The maximum Gasteiger partial charge on any atom is 1.00 e. The van der Waals surface area contributed by atoms with Gasteiger partial charge in [-0.2, -0.15) is 0 Å². The van der Waals surface area contributed by atoms with Gasteiger partial charge in [-0.25, -0.2) is 0 Å². The number of hydrogen-bond acceptors (Lipinski definition) is 4. The van der Waals surface area contributed by atoms with Crippen LogP contribution >= 0.6 is 0 Å². The summed E-state index contributed by atoms with van der Waals surface area (Å²) in [6, 6.07) is 0. The van der Waals surface area contributed by atoms with Crippen molar-refractivity contribution in [1.82, 2.24) is 0 Å². The molecule has 0 amide bonds. The van der Waals surface area contributed by atoms with Crippen LogP contribution in [0.15, 0.2) is 0 Å². The van der Waals surface area contributed by atoms with Crippen molar-refractivity contribution in [3.05, 3.63) is 0 Å². The van der Waals surface area contributed by atoms with Gasteiger partial charge in [0, 0.05) is 6.42 Å². The molecule has 2 N–H and O–H groups in total. The summed E-state index contributed by atoms with van der Waals surface area (Å²) >= 11 is 0. The molecule has 0 spiro atoms. The third-order valence-corrected chi connectivity index (χ3v) is 0.999. The molecule has 0 saturated heterocycles. The normalized spacial score (nSPS) is 8.44. The van der Waals surface area contributed by atoms with Gasteiger partial charge in [0.2, 0.25) is 0 Å². The number of carbonyl (C=O) groups is 1. The standard InChI is InChI=1S/C3H8O4Si.Na.H/c1-2-3(4)7-8(5)6;;/h5-6,8H,2H2,1H3;;/q;+1;-1. The molecule has 0 rings (SSSR count). The molecule has 0 bridgehead atoms. The van der Waals surface area contributed by atoms with Crippen LogP contribution in [0.1, 0.15) is 14.8 Å². The molecule has 0 saturated carbocycles. The van der Waals surface area contributed by atoms with Crippen LogP contribution in [0.25, 0.3) is 0 Å². The molecule has 0 atom stereocenters. The topological polar surface area (TPSA) is 66.8 Å². The third kappa shape index (κ3) is 8.61. The van der Waals surface area contributed by atoms with Crippen molar-refractivity contribution in [2.24, 2.45) is 0 Å². The minimum atomic E-state index is -3.10. The van der Waals surface area contributed by atoms with Crippen LogP contribution in [0.4, 0.5) is 0 Å².